The maximum absolute atomic E-state index is 12.1. The summed E-state index contributed by atoms with van der Waals surface area (Å²) in [5, 5.41) is 3.71. The Morgan fingerprint density at radius 3 is 2.84 bits per heavy atom. The number of oxazole rings is 1. The van der Waals surface area contributed by atoms with Crippen LogP contribution in [0.1, 0.15) is 57.1 Å². The molecule has 25 heavy (non-hydrogen) atoms. The molecule has 1 amide bonds. The Bertz CT molecular complexity index is 553. The predicted octanol–water partition coefficient (Wildman–Crippen LogP) is 2.33. The molecule has 1 aliphatic carbocycles. The first-order valence-corrected chi connectivity index (χ1v) is 9.76. The molecular weight excluding hydrogens is 316 g/mol. The lowest BCUT2D eigenvalue weighted by molar-refractivity contribution is -0.132. The quantitative estimate of drug-likeness (QED) is 0.819. The molecule has 2 heterocycles. The molecule has 0 unspecified atom stereocenters. The van der Waals surface area contributed by atoms with Gasteiger partial charge in [0.05, 0.1) is 12.7 Å². The van der Waals surface area contributed by atoms with Gasteiger partial charge in [-0.05, 0) is 26.2 Å². The van der Waals surface area contributed by atoms with E-state index in [0.29, 0.717) is 18.5 Å². The van der Waals surface area contributed by atoms with Gasteiger partial charge in [0.15, 0.2) is 0 Å². The molecular formula is C19H32N4O2. The highest BCUT2D eigenvalue weighted by Gasteiger charge is 2.30. The topological polar surface area (TPSA) is 61.6 Å². The van der Waals surface area contributed by atoms with E-state index in [1.54, 1.807) is 13.1 Å². The van der Waals surface area contributed by atoms with Crippen LogP contribution in [0.2, 0.25) is 0 Å². The van der Waals surface area contributed by atoms with Crippen molar-refractivity contribution in [1.29, 1.82) is 0 Å². The Balaban J connectivity index is 1.43. The Hall–Kier alpha value is -1.40. The lowest BCUT2D eigenvalue weighted by Gasteiger charge is -2.27. The minimum Gasteiger partial charge on any atom is -0.444 e. The maximum Gasteiger partial charge on any atom is 0.220 e. The van der Waals surface area contributed by atoms with Gasteiger partial charge in [-0.3, -0.25) is 9.69 Å². The molecule has 140 valence electrons. The highest BCUT2D eigenvalue weighted by molar-refractivity contribution is 5.73. The van der Waals surface area contributed by atoms with E-state index in [1.807, 2.05) is 11.8 Å². The monoisotopic (exact) mass is 348 g/mol. The molecule has 1 aromatic rings. The number of rotatable bonds is 7. The fraction of sp³-hybridized carbons (Fsp3) is 0.789. The second kappa shape index (κ2) is 8.81. The minimum atomic E-state index is 0.100. The van der Waals surface area contributed by atoms with E-state index in [-0.39, 0.29) is 11.9 Å². The summed E-state index contributed by atoms with van der Waals surface area (Å²) in [6, 6.07) is 0.980. The SMILES string of the molecule is CC(=O)N(Cc1ncc(C)o1)[C@H]1CCN(CCNC2CCCCC2)C1. The van der Waals surface area contributed by atoms with E-state index in [1.165, 1.54) is 32.1 Å². The summed E-state index contributed by atoms with van der Waals surface area (Å²) in [7, 11) is 0. The molecule has 0 aromatic carbocycles. The number of hydrogen-bond donors (Lipinski definition) is 1. The molecule has 2 aliphatic rings. The Morgan fingerprint density at radius 1 is 1.36 bits per heavy atom. The first-order chi connectivity index (χ1) is 12.1. The van der Waals surface area contributed by atoms with E-state index >= 15 is 0 Å². The summed E-state index contributed by atoms with van der Waals surface area (Å²) in [4.78, 5) is 20.7. The molecule has 1 aliphatic heterocycles. The number of likely N-dealkylation sites (tertiary alicyclic amines) is 1. The van der Waals surface area contributed by atoms with Crippen LogP contribution < -0.4 is 5.32 Å². The van der Waals surface area contributed by atoms with Crippen LogP contribution in [0.25, 0.3) is 0 Å². The molecule has 6 heteroatoms. The molecule has 1 N–H and O–H groups in total. The molecule has 6 nitrogen and oxygen atoms in total. The van der Waals surface area contributed by atoms with Gasteiger partial charge < -0.3 is 14.6 Å². The molecule has 1 saturated heterocycles. The number of carbonyl (C=O) groups is 1. The summed E-state index contributed by atoms with van der Waals surface area (Å²) in [6.45, 7) is 8.13. The van der Waals surface area contributed by atoms with E-state index in [2.05, 4.69) is 15.2 Å². The lowest BCUT2D eigenvalue weighted by atomic mass is 9.95. The number of hydrogen-bond acceptors (Lipinski definition) is 5. The first kappa shape index (κ1) is 18.4. The van der Waals surface area contributed by atoms with Crippen LogP contribution >= 0.6 is 0 Å². The molecule has 1 atom stereocenters. The van der Waals surface area contributed by atoms with Crippen molar-refractivity contribution >= 4 is 5.91 Å². The van der Waals surface area contributed by atoms with Crippen LogP contribution in [0.4, 0.5) is 0 Å². The molecule has 0 bridgehead atoms. The van der Waals surface area contributed by atoms with Crippen LogP contribution in [-0.4, -0.2) is 59.0 Å². The van der Waals surface area contributed by atoms with Crippen LogP contribution in [-0.2, 0) is 11.3 Å². The van der Waals surface area contributed by atoms with Crippen molar-refractivity contribution in [2.45, 2.75) is 71.0 Å². The van der Waals surface area contributed by atoms with Crippen molar-refractivity contribution in [3.8, 4) is 0 Å². The fourth-order valence-corrected chi connectivity index (χ4v) is 4.12. The first-order valence-electron chi connectivity index (χ1n) is 9.76. The van der Waals surface area contributed by atoms with Gasteiger partial charge in [-0.1, -0.05) is 19.3 Å². The molecule has 2 fully saturated rings. The third-order valence-corrected chi connectivity index (χ3v) is 5.53. The van der Waals surface area contributed by atoms with Crippen molar-refractivity contribution in [3.63, 3.8) is 0 Å². The van der Waals surface area contributed by atoms with E-state index in [0.717, 1.165) is 38.4 Å². The summed E-state index contributed by atoms with van der Waals surface area (Å²) < 4.78 is 5.55. The van der Waals surface area contributed by atoms with E-state index < -0.39 is 0 Å². The Kier molecular flexibility index (Phi) is 6.48. The molecule has 0 radical (unpaired) electrons. The number of aromatic nitrogens is 1. The zero-order valence-electron chi connectivity index (χ0n) is 15.7. The number of nitrogens with zero attached hydrogens (tertiary/aromatic N) is 3. The van der Waals surface area contributed by atoms with Crippen molar-refractivity contribution in [1.82, 2.24) is 20.1 Å². The van der Waals surface area contributed by atoms with Gasteiger partial charge in [-0.2, -0.15) is 0 Å². The van der Waals surface area contributed by atoms with Gasteiger partial charge in [0.2, 0.25) is 11.8 Å². The van der Waals surface area contributed by atoms with Gasteiger partial charge in [-0.25, -0.2) is 4.98 Å². The maximum atomic E-state index is 12.1. The average Bonchev–Trinajstić information content (AvgIpc) is 3.22. The Morgan fingerprint density at radius 2 is 2.16 bits per heavy atom. The van der Waals surface area contributed by atoms with Crippen LogP contribution in [0.5, 0.6) is 0 Å². The van der Waals surface area contributed by atoms with Gasteiger partial charge >= 0.3 is 0 Å². The molecule has 0 spiro atoms. The zero-order chi connectivity index (χ0) is 17.6. The minimum absolute atomic E-state index is 0.100. The summed E-state index contributed by atoms with van der Waals surface area (Å²) in [5.74, 6) is 1.52. The van der Waals surface area contributed by atoms with Crippen molar-refractivity contribution in [2.24, 2.45) is 0 Å². The van der Waals surface area contributed by atoms with Gasteiger partial charge in [0.25, 0.3) is 0 Å². The van der Waals surface area contributed by atoms with Crippen molar-refractivity contribution in [2.75, 3.05) is 26.2 Å². The number of aryl methyl sites for hydroxylation is 1. The zero-order valence-corrected chi connectivity index (χ0v) is 15.7. The average molecular weight is 348 g/mol. The summed E-state index contributed by atoms with van der Waals surface area (Å²) in [6.07, 6.45) is 9.55. The summed E-state index contributed by atoms with van der Waals surface area (Å²) in [5.41, 5.74) is 0. The van der Waals surface area contributed by atoms with Gasteiger partial charge in [0.1, 0.15) is 5.76 Å². The van der Waals surface area contributed by atoms with Gasteiger partial charge in [-0.15, -0.1) is 0 Å². The smallest absolute Gasteiger partial charge is 0.220 e. The van der Waals surface area contributed by atoms with E-state index in [9.17, 15) is 4.79 Å². The second-order valence-corrected chi connectivity index (χ2v) is 7.54. The van der Waals surface area contributed by atoms with Gasteiger partial charge in [0, 0.05) is 45.2 Å². The third kappa shape index (κ3) is 5.28. The number of carbonyl (C=O) groups excluding carboxylic acids is 1. The lowest BCUT2D eigenvalue weighted by Crippen LogP contribution is -2.42. The number of amides is 1. The van der Waals surface area contributed by atoms with E-state index in [4.69, 9.17) is 4.42 Å². The van der Waals surface area contributed by atoms with Crippen LogP contribution in [0.3, 0.4) is 0 Å². The summed E-state index contributed by atoms with van der Waals surface area (Å²) >= 11 is 0. The largest absolute Gasteiger partial charge is 0.444 e. The molecule has 1 saturated carbocycles. The number of nitrogens with one attached hydrogen (secondary N) is 1. The Labute approximate surface area is 151 Å². The van der Waals surface area contributed by atoms with Crippen LogP contribution in [0.15, 0.2) is 10.6 Å². The van der Waals surface area contributed by atoms with Crippen LogP contribution in [0, 0.1) is 6.92 Å². The molecule has 3 rings (SSSR count). The normalized spacial score (nSPS) is 22.4. The highest BCUT2D eigenvalue weighted by atomic mass is 16.4. The predicted molar refractivity (Wildman–Crippen MR) is 97.2 cm³/mol. The molecule has 1 aromatic heterocycles. The second-order valence-electron chi connectivity index (χ2n) is 7.54. The highest BCUT2D eigenvalue weighted by Crippen LogP contribution is 2.19. The van der Waals surface area contributed by atoms with Crippen molar-refractivity contribution in [3.05, 3.63) is 17.8 Å². The fourth-order valence-electron chi connectivity index (χ4n) is 4.12. The standard InChI is InChI=1S/C19H32N4O2/c1-15-12-21-19(25-15)14-23(16(2)24)18-8-10-22(13-18)11-9-20-17-6-4-3-5-7-17/h12,17-18,20H,3-11,13-14H2,1-2H3/t18-/m0/s1. The van der Waals surface area contributed by atoms with Crippen molar-refractivity contribution < 1.29 is 9.21 Å². The third-order valence-electron chi connectivity index (χ3n) is 5.53.